The second kappa shape index (κ2) is 9.62. The lowest BCUT2D eigenvalue weighted by atomic mass is 10.0. The van der Waals surface area contributed by atoms with Gasteiger partial charge in [-0.05, 0) is 31.7 Å². The van der Waals surface area contributed by atoms with Crippen LogP contribution >= 0.6 is 0 Å². The highest BCUT2D eigenvalue weighted by Gasteiger charge is 2.28. The van der Waals surface area contributed by atoms with Gasteiger partial charge < -0.3 is 29.4 Å². The van der Waals surface area contributed by atoms with E-state index in [-0.39, 0.29) is 12.1 Å². The number of amides is 1. The van der Waals surface area contributed by atoms with Crippen molar-refractivity contribution in [1.29, 1.82) is 0 Å². The molecule has 0 saturated carbocycles. The van der Waals surface area contributed by atoms with Crippen molar-refractivity contribution in [2.24, 2.45) is 0 Å². The topological polar surface area (TPSA) is 82.3 Å². The minimum absolute atomic E-state index is 0.0777. The SMILES string of the molecule is CC(C)c1cnc2c(NC3CCN(C[C@@H]4CN(C(=O)O)CCO4)CC3)cc(C(C)F)cn12. The molecule has 2 aromatic rings. The Labute approximate surface area is 188 Å². The largest absolute Gasteiger partial charge is 0.465 e. The van der Waals surface area contributed by atoms with Crippen molar-refractivity contribution in [3.8, 4) is 0 Å². The molecule has 32 heavy (non-hydrogen) atoms. The van der Waals surface area contributed by atoms with Gasteiger partial charge in [0.2, 0.25) is 0 Å². The Morgan fingerprint density at radius 2 is 2.06 bits per heavy atom. The Bertz CT molecular complexity index is 939. The van der Waals surface area contributed by atoms with Gasteiger partial charge >= 0.3 is 6.09 Å². The van der Waals surface area contributed by atoms with E-state index in [2.05, 4.69) is 29.0 Å². The fourth-order valence-electron chi connectivity index (χ4n) is 4.65. The third-order valence-corrected chi connectivity index (χ3v) is 6.52. The van der Waals surface area contributed by atoms with E-state index in [1.54, 1.807) is 6.92 Å². The Hall–Kier alpha value is -2.39. The molecule has 1 unspecified atom stereocenters. The predicted octanol–water partition coefficient (Wildman–Crippen LogP) is 3.74. The number of rotatable bonds is 6. The molecule has 2 aromatic heterocycles. The van der Waals surface area contributed by atoms with Gasteiger partial charge in [-0.1, -0.05) is 13.8 Å². The van der Waals surface area contributed by atoms with Gasteiger partial charge in [-0.3, -0.25) is 0 Å². The van der Waals surface area contributed by atoms with E-state index in [9.17, 15) is 14.3 Å². The van der Waals surface area contributed by atoms with Gasteiger partial charge in [0.05, 0.1) is 24.9 Å². The van der Waals surface area contributed by atoms with Crippen molar-refractivity contribution in [3.05, 3.63) is 29.7 Å². The molecule has 0 radical (unpaired) electrons. The van der Waals surface area contributed by atoms with Crippen molar-refractivity contribution < 1.29 is 19.0 Å². The van der Waals surface area contributed by atoms with Crippen LogP contribution in [-0.2, 0) is 4.74 Å². The number of anilines is 1. The monoisotopic (exact) mass is 447 g/mol. The molecule has 176 valence electrons. The summed E-state index contributed by atoms with van der Waals surface area (Å²) in [5.74, 6) is 0.297. The van der Waals surface area contributed by atoms with E-state index >= 15 is 0 Å². The van der Waals surface area contributed by atoms with Gasteiger partial charge in [0.15, 0.2) is 5.65 Å². The summed E-state index contributed by atoms with van der Waals surface area (Å²) < 4.78 is 22.0. The van der Waals surface area contributed by atoms with Crippen LogP contribution in [0, 0.1) is 0 Å². The van der Waals surface area contributed by atoms with E-state index in [1.165, 1.54) is 4.90 Å². The minimum Gasteiger partial charge on any atom is -0.465 e. The summed E-state index contributed by atoms with van der Waals surface area (Å²) in [6.07, 6.45) is 3.64. The van der Waals surface area contributed by atoms with Gasteiger partial charge in [-0.25, -0.2) is 14.2 Å². The maximum Gasteiger partial charge on any atom is 0.407 e. The number of hydrogen-bond donors (Lipinski definition) is 2. The molecule has 2 aliphatic rings. The molecule has 2 N–H and O–H groups in total. The highest BCUT2D eigenvalue weighted by Crippen LogP contribution is 2.29. The molecule has 4 rings (SSSR count). The Morgan fingerprint density at radius 3 is 2.72 bits per heavy atom. The number of carbonyl (C=O) groups is 1. The number of nitrogens with one attached hydrogen (secondary N) is 1. The molecule has 2 atom stereocenters. The standard InChI is InChI=1S/C23H34FN5O3/c1-15(2)21-11-25-22-20(10-17(16(3)24)12-29(21)22)26-18-4-6-27(7-5-18)13-19-14-28(23(30)31)8-9-32-19/h10-12,15-16,18-19,26H,4-9,13-14H2,1-3H3,(H,30,31)/t16?,19-/m1/s1. The van der Waals surface area contributed by atoms with Crippen molar-refractivity contribution in [3.63, 3.8) is 0 Å². The quantitative estimate of drug-likeness (QED) is 0.702. The first-order valence-electron chi connectivity index (χ1n) is 11.5. The van der Waals surface area contributed by atoms with Crippen LogP contribution in [0.1, 0.15) is 57.0 Å². The fourth-order valence-corrected chi connectivity index (χ4v) is 4.65. The number of morpholine rings is 1. The fraction of sp³-hybridized carbons (Fsp3) is 0.652. The highest BCUT2D eigenvalue weighted by molar-refractivity contribution is 5.69. The van der Waals surface area contributed by atoms with Crippen LogP contribution in [0.3, 0.4) is 0 Å². The van der Waals surface area contributed by atoms with Crippen molar-refractivity contribution >= 4 is 17.4 Å². The molecule has 1 amide bonds. The predicted molar refractivity (Wildman–Crippen MR) is 121 cm³/mol. The molecule has 9 heteroatoms. The number of carboxylic acid groups (broad SMARTS) is 1. The summed E-state index contributed by atoms with van der Waals surface area (Å²) in [5.41, 5.74) is 3.44. The molecule has 2 fully saturated rings. The molecular formula is C23H34FN5O3. The number of aromatic nitrogens is 2. The van der Waals surface area contributed by atoms with Gasteiger partial charge in [0.1, 0.15) is 6.17 Å². The van der Waals surface area contributed by atoms with E-state index in [4.69, 9.17) is 4.74 Å². The second-order valence-corrected chi connectivity index (χ2v) is 9.28. The zero-order valence-electron chi connectivity index (χ0n) is 19.1. The first-order valence-corrected chi connectivity index (χ1v) is 11.5. The van der Waals surface area contributed by atoms with Crippen LogP contribution in [0.15, 0.2) is 18.5 Å². The molecule has 0 aromatic carbocycles. The second-order valence-electron chi connectivity index (χ2n) is 9.28. The summed E-state index contributed by atoms with van der Waals surface area (Å²) >= 11 is 0. The van der Waals surface area contributed by atoms with Crippen LogP contribution in [0.2, 0.25) is 0 Å². The molecule has 0 aliphatic carbocycles. The Balaban J connectivity index is 1.39. The number of hydrogen-bond acceptors (Lipinski definition) is 5. The summed E-state index contributed by atoms with van der Waals surface area (Å²) in [6.45, 7) is 9.68. The van der Waals surface area contributed by atoms with Crippen LogP contribution in [0.25, 0.3) is 5.65 Å². The van der Waals surface area contributed by atoms with E-state index in [1.807, 2.05) is 22.9 Å². The number of halogens is 1. The number of ether oxygens (including phenoxy) is 1. The van der Waals surface area contributed by atoms with E-state index < -0.39 is 12.3 Å². The minimum atomic E-state index is -1.05. The summed E-state index contributed by atoms with van der Waals surface area (Å²) in [7, 11) is 0. The summed E-state index contributed by atoms with van der Waals surface area (Å²) in [4.78, 5) is 19.6. The zero-order chi connectivity index (χ0) is 22.8. The van der Waals surface area contributed by atoms with E-state index in [0.717, 1.165) is 49.5 Å². The zero-order valence-corrected chi connectivity index (χ0v) is 19.1. The first kappa shape index (κ1) is 22.8. The summed E-state index contributed by atoms with van der Waals surface area (Å²) in [6, 6.07) is 2.17. The smallest absolute Gasteiger partial charge is 0.407 e. The number of imidazole rings is 1. The molecule has 2 aliphatic heterocycles. The van der Waals surface area contributed by atoms with Crippen LogP contribution < -0.4 is 5.32 Å². The number of nitrogens with zero attached hydrogens (tertiary/aromatic N) is 4. The van der Waals surface area contributed by atoms with Gasteiger partial charge in [-0.15, -0.1) is 0 Å². The number of fused-ring (bicyclic) bond motifs is 1. The average Bonchev–Trinajstić information content (AvgIpc) is 3.20. The molecule has 8 nitrogen and oxygen atoms in total. The lowest BCUT2D eigenvalue weighted by Gasteiger charge is -2.37. The number of piperidine rings is 1. The third-order valence-electron chi connectivity index (χ3n) is 6.52. The van der Waals surface area contributed by atoms with Crippen LogP contribution in [0.5, 0.6) is 0 Å². The van der Waals surface area contributed by atoms with Crippen LogP contribution in [-0.4, -0.2) is 81.9 Å². The van der Waals surface area contributed by atoms with Gasteiger partial charge in [0.25, 0.3) is 0 Å². The van der Waals surface area contributed by atoms with Gasteiger partial charge in [-0.2, -0.15) is 0 Å². The number of alkyl halides is 1. The Kier molecular flexibility index (Phi) is 6.85. The van der Waals surface area contributed by atoms with E-state index in [0.29, 0.717) is 31.2 Å². The van der Waals surface area contributed by atoms with Crippen LogP contribution in [0.4, 0.5) is 14.9 Å². The normalized spacial score (nSPS) is 21.9. The molecule has 0 bridgehead atoms. The molecule has 0 spiro atoms. The number of likely N-dealkylation sites (tertiary alicyclic amines) is 1. The first-order chi connectivity index (χ1) is 15.3. The lowest BCUT2D eigenvalue weighted by molar-refractivity contribution is -0.0389. The van der Waals surface area contributed by atoms with Gasteiger partial charge in [0, 0.05) is 55.9 Å². The highest BCUT2D eigenvalue weighted by atomic mass is 19.1. The average molecular weight is 448 g/mol. The van der Waals surface area contributed by atoms with Crippen molar-refractivity contribution in [2.45, 2.75) is 57.8 Å². The number of pyridine rings is 1. The maximum atomic E-state index is 14.2. The molecule has 4 heterocycles. The van der Waals surface area contributed by atoms with Crippen molar-refractivity contribution in [1.82, 2.24) is 19.2 Å². The molecular weight excluding hydrogens is 413 g/mol. The maximum absolute atomic E-state index is 14.2. The molecule has 2 saturated heterocycles. The lowest BCUT2D eigenvalue weighted by Crippen LogP contribution is -2.51. The Morgan fingerprint density at radius 1 is 1.31 bits per heavy atom. The third kappa shape index (κ3) is 4.99. The summed E-state index contributed by atoms with van der Waals surface area (Å²) in [5, 5.41) is 12.8. The van der Waals surface area contributed by atoms with Crippen molar-refractivity contribution in [2.75, 3.05) is 44.6 Å².